The molecule has 0 amide bonds. The van der Waals surface area contributed by atoms with Gasteiger partial charge < -0.3 is 10.1 Å². The van der Waals surface area contributed by atoms with Crippen LogP contribution in [0.4, 0.5) is 10.2 Å². The van der Waals surface area contributed by atoms with Crippen molar-refractivity contribution in [3.8, 4) is 17.1 Å². The maximum atomic E-state index is 13.9. The van der Waals surface area contributed by atoms with Crippen LogP contribution in [0, 0.1) is 5.82 Å². The van der Waals surface area contributed by atoms with Crippen molar-refractivity contribution in [2.75, 3.05) is 19.5 Å². The molecule has 2 aromatic heterocycles. The normalized spacial score (nSPS) is 10.1. The second kappa shape index (κ2) is 4.73. The number of nitrogens with one attached hydrogen (secondary N) is 1. The molecule has 2 heterocycles. The highest BCUT2D eigenvalue weighted by molar-refractivity contribution is 5.61. The molecule has 0 aliphatic heterocycles. The van der Waals surface area contributed by atoms with E-state index in [9.17, 15) is 4.39 Å². The second-order valence-corrected chi connectivity index (χ2v) is 3.22. The lowest BCUT2D eigenvalue weighted by Crippen LogP contribution is -1.98. The molecule has 0 radical (unpaired) electrons. The van der Waals surface area contributed by atoms with Crippen molar-refractivity contribution in [1.29, 1.82) is 0 Å². The molecule has 0 spiro atoms. The van der Waals surface area contributed by atoms with E-state index < -0.39 is 5.82 Å². The Morgan fingerprint density at radius 2 is 2.18 bits per heavy atom. The Morgan fingerprint density at radius 3 is 2.88 bits per heavy atom. The van der Waals surface area contributed by atoms with Crippen molar-refractivity contribution in [2.24, 2.45) is 0 Å². The first kappa shape index (κ1) is 11.3. The van der Waals surface area contributed by atoms with E-state index in [1.807, 2.05) is 0 Å². The topological polar surface area (TPSA) is 59.9 Å². The minimum atomic E-state index is -0.544. The first-order valence-electron chi connectivity index (χ1n) is 4.95. The molecule has 88 valence electrons. The summed E-state index contributed by atoms with van der Waals surface area (Å²) in [6.45, 7) is 0. The maximum Gasteiger partial charge on any atom is 0.250 e. The van der Waals surface area contributed by atoms with Gasteiger partial charge in [0.1, 0.15) is 5.82 Å². The molecule has 17 heavy (non-hydrogen) atoms. The lowest BCUT2D eigenvalue weighted by Gasteiger charge is -2.06. The molecule has 5 nitrogen and oxygen atoms in total. The molecule has 0 unspecified atom stereocenters. The Balaban J connectivity index is 2.52. The molecule has 0 fully saturated rings. The zero-order chi connectivity index (χ0) is 12.3. The van der Waals surface area contributed by atoms with Gasteiger partial charge in [-0.15, -0.1) is 0 Å². The number of nitrogens with zero attached hydrogens (tertiary/aromatic N) is 3. The summed E-state index contributed by atoms with van der Waals surface area (Å²) in [6.07, 6.45) is 4.50. The molecular weight excluding hydrogens is 223 g/mol. The standard InChI is InChI=1S/C11H11FN4O/c1-13-9-6-14-5-8(16-9)7-3-4-15-11(17-2)10(7)12/h3-6H,1-2H3,(H,13,16). The molecule has 2 aromatic rings. The van der Waals surface area contributed by atoms with E-state index in [1.54, 1.807) is 13.2 Å². The van der Waals surface area contributed by atoms with Crippen LogP contribution in [-0.4, -0.2) is 29.1 Å². The van der Waals surface area contributed by atoms with Crippen LogP contribution < -0.4 is 10.1 Å². The van der Waals surface area contributed by atoms with Crippen molar-refractivity contribution in [3.05, 3.63) is 30.5 Å². The number of anilines is 1. The zero-order valence-electron chi connectivity index (χ0n) is 9.44. The third-order valence-electron chi connectivity index (χ3n) is 2.22. The van der Waals surface area contributed by atoms with E-state index in [0.717, 1.165) is 0 Å². The summed E-state index contributed by atoms with van der Waals surface area (Å²) in [7, 11) is 3.09. The Bertz CT molecular complexity index is 533. The Morgan fingerprint density at radius 1 is 1.35 bits per heavy atom. The third kappa shape index (κ3) is 2.15. The van der Waals surface area contributed by atoms with Crippen molar-refractivity contribution in [2.45, 2.75) is 0 Å². The van der Waals surface area contributed by atoms with Gasteiger partial charge in [0.2, 0.25) is 0 Å². The van der Waals surface area contributed by atoms with E-state index in [1.165, 1.54) is 25.6 Å². The van der Waals surface area contributed by atoms with Crippen LogP contribution in [0.5, 0.6) is 5.88 Å². The summed E-state index contributed by atoms with van der Waals surface area (Å²) >= 11 is 0. The van der Waals surface area contributed by atoms with Crippen LogP contribution >= 0.6 is 0 Å². The Kier molecular flexibility index (Phi) is 3.13. The highest BCUT2D eigenvalue weighted by Gasteiger charge is 2.13. The number of hydrogen-bond acceptors (Lipinski definition) is 5. The molecule has 0 saturated heterocycles. The van der Waals surface area contributed by atoms with Crippen LogP contribution in [-0.2, 0) is 0 Å². The first-order valence-corrected chi connectivity index (χ1v) is 4.95. The summed E-state index contributed by atoms with van der Waals surface area (Å²) in [5.41, 5.74) is 0.733. The van der Waals surface area contributed by atoms with Crippen LogP contribution in [0.2, 0.25) is 0 Å². The first-order chi connectivity index (χ1) is 8.26. The summed E-state index contributed by atoms with van der Waals surface area (Å²) < 4.78 is 18.7. The van der Waals surface area contributed by atoms with Crippen LogP contribution in [0.1, 0.15) is 0 Å². The molecule has 0 aliphatic carbocycles. The van der Waals surface area contributed by atoms with Gasteiger partial charge in [-0.2, -0.15) is 0 Å². The largest absolute Gasteiger partial charge is 0.479 e. The fourth-order valence-electron chi connectivity index (χ4n) is 1.38. The Hall–Kier alpha value is -2.24. The van der Waals surface area contributed by atoms with E-state index in [4.69, 9.17) is 4.74 Å². The molecule has 0 aromatic carbocycles. The van der Waals surface area contributed by atoms with E-state index in [-0.39, 0.29) is 5.88 Å². The van der Waals surface area contributed by atoms with Crippen molar-refractivity contribution < 1.29 is 9.13 Å². The van der Waals surface area contributed by atoms with Gasteiger partial charge in [-0.25, -0.2) is 14.4 Å². The van der Waals surface area contributed by atoms with E-state index in [0.29, 0.717) is 17.1 Å². The van der Waals surface area contributed by atoms with Crippen molar-refractivity contribution in [3.63, 3.8) is 0 Å². The van der Waals surface area contributed by atoms with E-state index in [2.05, 4.69) is 20.3 Å². The number of methoxy groups -OCH3 is 1. The van der Waals surface area contributed by atoms with Crippen molar-refractivity contribution >= 4 is 5.82 Å². The minimum absolute atomic E-state index is 0.0563. The predicted octanol–water partition coefficient (Wildman–Crippen LogP) is 1.73. The monoisotopic (exact) mass is 234 g/mol. The van der Waals surface area contributed by atoms with Crippen LogP contribution in [0.25, 0.3) is 11.3 Å². The maximum absolute atomic E-state index is 13.9. The van der Waals surface area contributed by atoms with Crippen LogP contribution in [0.3, 0.4) is 0 Å². The highest BCUT2D eigenvalue weighted by Crippen LogP contribution is 2.25. The fraction of sp³-hybridized carbons (Fsp3) is 0.182. The number of aromatic nitrogens is 3. The number of rotatable bonds is 3. The highest BCUT2D eigenvalue weighted by atomic mass is 19.1. The van der Waals surface area contributed by atoms with Gasteiger partial charge in [-0.05, 0) is 6.07 Å². The van der Waals surface area contributed by atoms with Gasteiger partial charge in [0.25, 0.3) is 5.88 Å². The van der Waals surface area contributed by atoms with Gasteiger partial charge in [-0.1, -0.05) is 0 Å². The van der Waals surface area contributed by atoms with Gasteiger partial charge in [0.15, 0.2) is 5.82 Å². The predicted molar refractivity (Wildman–Crippen MR) is 61.3 cm³/mol. The lowest BCUT2D eigenvalue weighted by molar-refractivity contribution is 0.370. The molecule has 0 atom stereocenters. The fourth-order valence-corrected chi connectivity index (χ4v) is 1.38. The molecule has 0 saturated carbocycles. The minimum Gasteiger partial charge on any atom is -0.479 e. The summed E-state index contributed by atoms with van der Waals surface area (Å²) in [4.78, 5) is 11.9. The second-order valence-electron chi connectivity index (χ2n) is 3.22. The summed E-state index contributed by atoms with van der Waals surface area (Å²) in [5.74, 6) is -0.0330. The van der Waals surface area contributed by atoms with E-state index >= 15 is 0 Å². The van der Waals surface area contributed by atoms with Gasteiger partial charge in [0.05, 0.1) is 25.2 Å². The SMILES string of the molecule is CNc1cncc(-c2ccnc(OC)c2F)n1. The molecule has 0 bridgehead atoms. The number of pyridine rings is 1. The number of ether oxygens (including phenoxy) is 1. The van der Waals surface area contributed by atoms with Gasteiger partial charge in [0, 0.05) is 18.8 Å². The van der Waals surface area contributed by atoms with Crippen molar-refractivity contribution in [1.82, 2.24) is 15.0 Å². The quantitative estimate of drug-likeness (QED) is 0.876. The Labute approximate surface area is 97.7 Å². The number of halogens is 1. The van der Waals surface area contributed by atoms with Gasteiger partial charge in [-0.3, -0.25) is 4.98 Å². The summed E-state index contributed by atoms with van der Waals surface area (Å²) in [5, 5.41) is 2.84. The third-order valence-corrected chi connectivity index (χ3v) is 2.22. The average Bonchev–Trinajstić information content (AvgIpc) is 2.39. The molecule has 1 N–H and O–H groups in total. The zero-order valence-corrected chi connectivity index (χ0v) is 9.44. The molecular formula is C11H11FN4O. The van der Waals surface area contributed by atoms with Crippen LogP contribution in [0.15, 0.2) is 24.7 Å². The molecule has 0 aliphatic rings. The van der Waals surface area contributed by atoms with Gasteiger partial charge >= 0.3 is 0 Å². The average molecular weight is 234 g/mol. The lowest BCUT2D eigenvalue weighted by atomic mass is 10.2. The smallest absolute Gasteiger partial charge is 0.250 e. The molecule has 6 heteroatoms. The molecule has 2 rings (SSSR count). The summed E-state index contributed by atoms with van der Waals surface area (Å²) in [6, 6.07) is 1.53. The number of hydrogen-bond donors (Lipinski definition) is 1.